The summed E-state index contributed by atoms with van der Waals surface area (Å²) in [5, 5.41) is 2.91. The van der Waals surface area contributed by atoms with E-state index in [-0.39, 0.29) is 5.91 Å². The Bertz CT molecular complexity index is 445. The van der Waals surface area contributed by atoms with Gasteiger partial charge < -0.3 is 15.6 Å². The molecule has 0 aromatic carbocycles. The number of rotatable bonds is 6. The Morgan fingerprint density at radius 2 is 2.25 bits per heavy atom. The van der Waals surface area contributed by atoms with E-state index in [0.29, 0.717) is 23.8 Å². The van der Waals surface area contributed by atoms with Crippen molar-refractivity contribution in [1.29, 1.82) is 0 Å². The number of amides is 1. The Kier molecular flexibility index (Phi) is 5.31. The Morgan fingerprint density at radius 1 is 1.50 bits per heavy atom. The van der Waals surface area contributed by atoms with E-state index >= 15 is 0 Å². The summed E-state index contributed by atoms with van der Waals surface area (Å²) in [5.74, 6) is 5.23. The third-order valence-electron chi connectivity index (χ3n) is 3.92. The van der Waals surface area contributed by atoms with E-state index in [2.05, 4.69) is 27.7 Å². The first kappa shape index (κ1) is 14.7. The summed E-state index contributed by atoms with van der Waals surface area (Å²) in [4.78, 5) is 18.3. The van der Waals surface area contributed by atoms with Crippen LogP contribution in [-0.2, 0) is 0 Å². The van der Waals surface area contributed by atoms with Crippen LogP contribution in [0.5, 0.6) is 0 Å². The van der Waals surface area contributed by atoms with Crippen molar-refractivity contribution < 1.29 is 4.79 Å². The van der Waals surface area contributed by atoms with Crippen molar-refractivity contribution in [2.45, 2.75) is 31.7 Å². The zero-order valence-corrected chi connectivity index (χ0v) is 11.9. The van der Waals surface area contributed by atoms with Crippen LogP contribution >= 0.6 is 0 Å². The van der Waals surface area contributed by atoms with Crippen molar-refractivity contribution in [2.75, 3.05) is 25.6 Å². The van der Waals surface area contributed by atoms with Gasteiger partial charge >= 0.3 is 0 Å². The standard InChI is InChI=1S/C14H23N5O/c1-19(11-4-2-3-5-11)9-8-17-14(20)12-10-16-7-6-13(12)18-15/h6-7,10-11H,2-5,8-9,15H2,1H3,(H,16,18)(H,17,20). The normalized spacial score (nSPS) is 15.6. The van der Waals surface area contributed by atoms with Crippen molar-refractivity contribution in [3.8, 4) is 0 Å². The largest absolute Gasteiger partial charge is 0.351 e. The molecular weight excluding hydrogens is 254 g/mol. The number of carbonyl (C=O) groups is 1. The minimum absolute atomic E-state index is 0.147. The number of nitrogen functional groups attached to an aromatic ring is 1. The maximum absolute atomic E-state index is 12.1. The monoisotopic (exact) mass is 277 g/mol. The van der Waals surface area contributed by atoms with Gasteiger partial charge in [0.1, 0.15) is 0 Å². The number of carbonyl (C=O) groups excluding carboxylic acids is 1. The predicted molar refractivity (Wildman–Crippen MR) is 79.3 cm³/mol. The summed E-state index contributed by atoms with van der Waals surface area (Å²) in [7, 11) is 2.12. The number of hydrazine groups is 1. The molecule has 1 saturated carbocycles. The second kappa shape index (κ2) is 7.21. The second-order valence-corrected chi connectivity index (χ2v) is 5.24. The maximum Gasteiger partial charge on any atom is 0.255 e. The van der Waals surface area contributed by atoms with Crippen molar-refractivity contribution in [1.82, 2.24) is 15.2 Å². The predicted octanol–water partition coefficient (Wildman–Crippen LogP) is 0.971. The van der Waals surface area contributed by atoms with Crippen LogP contribution in [0.15, 0.2) is 18.5 Å². The van der Waals surface area contributed by atoms with E-state index in [1.807, 2.05) is 0 Å². The fourth-order valence-corrected chi connectivity index (χ4v) is 2.67. The number of likely N-dealkylation sites (N-methyl/N-ethyl adjacent to an activating group) is 1. The number of nitrogens with one attached hydrogen (secondary N) is 2. The van der Waals surface area contributed by atoms with Crippen molar-refractivity contribution in [3.05, 3.63) is 24.0 Å². The SMILES string of the molecule is CN(CCNC(=O)c1cnccc1NN)C1CCCC1. The van der Waals surface area contributed by atoms with Gasteiger partial charge in [-0.25, -0.2) is 0 Å². The van der Waals surface area contributed by atoms with Gasteiger partial charge in [-0.15, -0.1) is 0 Å². The Morgan fingerprint density at radius 3 is 2.95 bits per heavy atom. The highest BCUT2D eigenvalue weighted by Gasteiger charge is 2.19. The average molecular weight is 277 g/mol. The van der Waals surface area contributed by atoms with Crippen LogP contribution in [0, 0.1) is 0 Å². The molecular formula is C14H23N5O. The highest BCUT2D eigenvalue weighted by molar-refractivity contribution is 5.99. The van der Waals surface area contributed by atoms with Gasteiger partial charge in [0.15, 0.2) is 0 Å². The van der Waals surface area contributed by atoms with Crippen LogP contribution in [0.3, 0.4) is 0 Å². The molecule has 20 heavy (non-hydrogen) atoms. The zero-order valence-electron chi connectivity index (χ0n) is 11.9. The molecule has 0 unspecified atom stereocenters. The van der Waals surface area contributed by atoms with Crippen LogP contribution in [-0.4, -0.2) is 42.0 Å². The van der Waals surface area contributed by atoms with Crippen molar-refractivity contribution in [2.24, 2.45) is 5.84 Å². The molecule has 1 amide bonds. The first-order valence-electron chi connectivity index (χ1n) is 7.11. The van der Waals surface area contributed by atoms with Gasteiger partial charge in [-0.1, -0.05) is 12.8 Å². The summed E-state index contributed by atoms with van der Waals surface area (Å²) < 4.78 is 0. The number of anilines is 1. The third kappa shape index (κ3) is 3.68. The first-order chi connectivity index (χ1) is 9.72. The van der Waals surface area contributed by atoms with Gasteiger partial charge in [-0.3, -0.25) is 15.6 Å². The molecule has 0 aliphatic heterocycles. The Balaban J connectivity index is 1.80. The summed E-state index contributed by atoms with van der Waals surface area (Å²) in [6.45, 7) is 1.49. The molecule has 1 aromatic heterocycles. The van der Waals surface area contributed by atoms with Crippen LogP contribution in [0.25, 0.3) is 0 Å². The molecule has 1 aliphatic carbocycles. The molecule has 0 radical (unpaired) electrons. The molecule has 1 heterocycles. The quantitative estimate of drug-likeness (QED) is 0.533. The summed E-state index contributed by atoms with van der Waals surface area (Å²) in [6.07, 6.45) is 8.30. The van der Waals surface area contributed by atoms with E-state index < -0.39 is 0 Å². The number of aromatic nitrogens is 1. The molecule has 6 heteroatoms. The van der Waals surface area contributed by atoms with Crippen LogP contribution in [0.4, 0.5) is 5.69 Å². The molecule has 2 rings (SSSR count). The van der Waals surface area contributed by atoms with Gasteiger partial charge in [-0.2, -0.15) is 0 Å². The minimum atomic E-state index is -0.147. The number of nitrogens with two attached hydrogens (primary N) is 1. The third-order valence-corrected chi connectivity index (χ3v) is 3.92. The zero-order chi connectivity index (χ0) is 14.4. The fourth-order valence-electron chi connectivity index (χ4n) is 2.67. The van der Waals surface area contributed by atoms with Crippen LogP contribution in [0.2, 0.25) is 0 Å². The molecule has 0 spiro atoms. The van der Waals surface area contributed by atoms with E-state index in [0.717, 1.165) is 6.54 Å². The average Bonchev–Trinajstić information content (AvgIpc) is 3.01. The fraction of sp³-hybridized carbons (Fsp3) is 0.571. The highest BCUT2D eigenvalue weighted by atomic mass is 16.1. The molecule has 1 aliphatic rings. The van der Waals surface area contributed by atoms with Gasteiger partial charge in [0.2, 0.25) is 0 Å². The van der Waals surface area contributed by atoms with Crippen molar-refractivity contribution >= 4 is 11.6 Å². The molecule has 110 valence electrons. The lowest BCUT2D eigenvalue weighted by atomic mass is 10.2. The molecule has 1 fully saturated rings. The minimum Gasteiger partial charge on any atom is -0.351 e. The van der Waals surface area contributed by atoms with Crippen molar-refractivity contribution in [3.63, 3.8) is 0 Å². The summed E-state index contributed by atoms with van der Waals surface area (Å²) >= 11 is 0. The molecule has 4 N–H and O–H groups in total. The van der Waals surface area contributed by atoms with Gasteiger partial charge in [-0.05, 0) is 26.0 Å². The van der Waals surface area contributed by atoms with E-state index in [1.165, 1.54) is 31.9 Å². The number of hydrogen-bond acceptors (Lipinski definition) is 5. The molecule has 0 atom stereocenters. The van der Waals surface area contributed by atoms with Crippen LogP contribution < -0.4 is 16.6 Å². The Labute approximate surface area is 119 Å². The number of pyridine rings is 1. The highest BCUT2D eigenvalue weighted by Crippen LogP contribution is 2.21. The smallest absolute Gasteiger partial charge is 0.255 e. The Hall–Kier alpha value is -1.66. The van der Waals surface area contributed by atoms with E-state index in [4.69, 9.17) is 5.84 Å². The lowest BCUT2D eigenvalue weighted by molar-refractivity contribution is 0.0947. The number of nitrogens with zero attached hydrogens (tertiary/aromatic N) is 2. The summed E-state index contributed by atoms with van der Waals surface area (Å²) in [5.41, 5.74) is 3.56. The summed E-state index contributed by atoms with van der Waals surface area (Å²) in [6, 6.07) is 2.35. The van der Waals surface area contributed by atoms with Gasteiger partial charge in [0, 0.05) is 31.5 Å². The molecule has 1 aromatic rings. The topological polar surface area (TPSA) is 83.3 Å². The lowest BCUT2D eigenvalue weighted by Crippen LogP contribution is -2.37. The lowest BCUT2D eigenvalue weighted by Gasteiger charge is -2.23. The van der Waals surface area contributed by atoms with E-state index in [1.54, 1.807) is 12.3 Å². The van der Waals surface area contributed by atoms with Gasteiger partial charge in [0.05, 0.1) is 11.3 Å². The van der Waals surface area contributed by atoms with E-state index in [9.17, 15) is 4.79 Å². The molecule has 0 bridgehead atoms. The van der Waals surface area contributed by atoms with Gasteiger partial charge in [0.25, 0.3) is 5.91 Å². The maximum atomic E-state index is 12.1. The molecule has 6 nitrogen and oxygen atoms in total. The second-order valence-electron chi connectivity index (χ2n) is 5.24. The number of hydrogen-bond donors (Lipinski definition) is 3. The van der Waals surface area contributed by atoms with Crippen LogP contribution in [0.1, 0.15) is 36.0 Å². The first-order valence-corrected chi connectivity index (χ1v) is 7.11. The molecule has 0 saturated heterocycles.